The lowest BCUT2D eigenvalue weighted by molar-refractivity contribution is -0.140. The van der Waals surface area contributed by atoms with Crippen molar-refractivity contribution < 1.29 is 22.4 Å². The van der Waals surface area contributed by atoms with Crippen LogP contribution in [0.15, 0.2) is 18.2 Å². The zero-order valence-corrected chi connectivity index (χ0v) is 11.7. The second kappa shape index (κ2) is 5.63. The highest BCUT2D eigenvalue weighted by atomic mass is 19.4. The molecule has 1 aromatic carbocycles. The summed E-state index contributed by atoms with van der Waals surface area (Å²) in [6.45, 7) is 4.77. The number of hydrogen-bond donors (Lipinski definition) is 1. The molecule has 3 nitrogen and oxygen atoms in total. The van der Waals surface area contributed by atoms with Gasteiger partial charge in [0.05, 0.1) is 5.56 Å². The van der Waals surface area contributed by atoms with Crippen LogP contribution in [0, 0.1) is 5.82 Å². The number of benzene rings is 1. The fourth-order valence-corrected chi connectivity index (χ4v) is 2.56. The number of piperazine rings is 1. The summed E-state index contributed by atoms with van der Waals surface area (Å²) in [7, 11) is 0. The van der Waals surface area contributed by atoms with Gasteiger partial charge >= 0.3 is 6.18 Å². The molecule has 1 aliphatic rings. The zero-order valence-electron chi connectivity index (χ0n) is 11.7. The molecule has 2 rings (SSSR count). The summed E-state index contributed by atoms with van der Waals surface area (Å²) in [5, 5.41) is 3.13. The number of amides is 1. The first-order valence-electron chi connectivity index (χ1n) is 6.62. The minimum absolute atomic E-state index is 0.138. The minimum atomic E-state index is -4.82. The Morgan fingerprint density at radius 3 is 2.33 bits per heavy atom. The molecule has 2 atom stereocenters. The summed E-state index contributed by atoms with van der Waals surface area (Å²) >= 11 is 0. The van der Waals surface area contributed by atoms with Gasteiger partial charge in [0.25, 0.3) is 5.91 Å². The number of rotatable bonds is 1. The molecule has 0 aliphatic carbocycles. The van der Waals surface area contributed by atoms with Gasteiger partial charge in [-0.2, -0.15) is 13.2 Å². The van der Waals surface area contributed by atoms with Gasteiger partial charge in [0.2, 0.25) is 0 Å². The van der Waals surface area contributed by atoms with Crippen LogP contribution in [0.2, 0.25) is 0 Å². The number of carbonyl (C=O) groups is 1. The average molecular weight is 304 g/mol. The Hall–Kier alpha value is -1.63. The van der Waals surface area contributed by atoms with E-state index >= 15 is 0 Å². The number of nitrogens with zero attached hydrogens (tertiary/aromatic N) is 1. The summed E-state index contributed by atoms with van der Waals surface area (Å²) in [6.07, 6.45) is -4.82. The normalized spacial score (nSPS) is 23.2. The molecule has 1 fully saturated rings. The topological polar surface area (TPSA) is 32.3 Å². The van der Waals surface area contributed by atoms with Gasteiger partial charge in [0.1, 0.15) is 5.82 Å². The SMILES string of the molecule is CC1CNCC(C)N1C(=O)c1ccc(F)c(C(F)(F)F)c1. The zero-order chi connectivity index (χ0) is 15.8. The smallest absolute Gasteiger partial charge is 0.331 e. The van der Waals surface area contributed by atoms with E-state index in [2.05, 4.69) is 5.32 Å². The Morgan fingerprint density at radius 2 is 1.81 bits per heavy atom. The Morgan fingerprint density at radius 1 is 1.24 bits per heavy atom. The van der Waals surface area contributed by atoms with Crippen LogP contribution in [0.5, 0.6) is 0 Å². The van der Waals surface area contributed by atoms with Crippen LogP contribution in [0.3, 0.4) is 0 Å². The Labute approximate surface area is 119 Å². The predicted octanol–water partition coefficient (Wildman–Crippen LogP) is 2.67. The summed E-state index contributed by atoms with van der Waals surface area (Å²) < 4.78 is 51.4. The highest BCUT2D eigenvalue weighted by Gasteiger charge is 2.36. The highest BCUT2D eigenvalue weighted by molar-refractivity contribution is 5.95. The van der Waals surface area contributed by atoms with E-state index in [9.17, 15) is 22.4 Å². The second-order valence-electron chi connectivity index (χ2n) is 5.26. The molecule has 1 aliphatic heterocycles. The standard InChI is InChI=1S/C14H16F4N2O/c1-8-6-19-7-9(2)20(8)13(21)10-3-4-12(15)11(5-10)14(16,17)18/h3-5,8-9,19H,6-7H2,1-2H3. The number of carbonyl (C=O) groups excluding carboxylic acids is 1. The van der Waals surface area contributed by atoms with E-state index in [-0.39, 0.29) is 17.6 Å². The molecule has 1 N–H and O–H groups in total. The van der Waals surface area contributed by atoms with Gasteiger partial charge < -0.3 is 10.2 Å². The number of alkyl halides is 3. The third-order valence-corrected chi connectivity index (χ3v) is 3.58. The van der Waals surface area contributed by atoms with E-state index in [1.807, 2.05) is 13.8 Å². The van der Waals surface area contributed by atoms with Crippen LogP contribution in [0.4, 0.5) is 17.6 Å². The monoisotopic (exact) mass is 304 g/mol. The van der Waals surface area contributed by atoms with Gasteiger partial charge in [-0.1, -0.05) is 0 Å². The molecule has 0 saturated carbocycles. The maximum Gasteiger partial charge on any atom is 0.419 e. The summed E-state index contributed by atoms with van der Waals surface area (Å²) in [6, 6.07) is 2.09. The molecule has 116 valence electrons. The molecule has 7 heteroatoms. The van der Waals surface area contributed by atoms with E-state index < -0.39 is 23.5 Å². The van der Waals surface area contributed by atoms with Crippen molar-refractivity contribution in [1.82, 2.24) is 10.2 Å². The van der Waals surface area contributed by atoms with Crippen molar-refractivity contribution in [2.75, 3.05) is 13.1 Å². The number of halogens is 4. The minimum Gasteiger partial charge on any atom is -0.331 e. The molecular weight excluding hydrogens is 288 g/mol. The van der Waals surface area contributed by atoms with Crippen molar-refractivity contribution in [1.29, 1.82) is 0 Å². The lowest BCUT2D eigenvalue weighted by Gasteiger charge is -2.39. The fraction of sp³-hybridized carbons (Fsp3) is 0.500. The van der Waals surface area contributed by atoms with E-state index in [0.29, 0.717) is 25.2 Å². The van der Waals surface area contributed by atoms with Gasteiger partial charge in [-0.3, -0.25) is 4.79 Å². The van der Waals surface area contributed by atoms with E-state index in [1.54, 1.807) is 0 Å². The van der Waals surface area contributed by atoms with Gasteiger partial charge in [-0.05, 0) is 32.0 Å². The molecular formula is C14H16F4N2O. The van der Waals surface area contributed by atoms with Gasteiger partial charge in [-0.25, -0.2) is 4.39 Å². The maximum absolute atomic E-state index is 13.3. The molecule has 0 bridgehead atoms. The van der Waals surface area contributed by atoms with Crippen LogP contribution in [-0.2, 0) is 6.18 Å². The number of nitrogens with one attached hydrogen (secondary N) is 1. The van der Waals surface area contributed by atoms with Gasteiger partial charge in [0, 0.05) is 30.7 Å². The van der Waals surface area contributed by atoms with Crippen molar-refractivity contribution in [3.8, 4) is 0 Å². The predicted molar refractivity (Wildman–Crippen MR) is 69.4 cm³/mol. The molecule has 0 spiro atoms. The van der Waals surface area contributed by atoms with Crippen LogP contribution in [0.1, 0.15) is 29.8 Å². The fourth-order valence-electron chi connectivity index (χ4n) is 2.56. The largest absolute Gasteiger partial charge is 0.419 e. The van der Waals surface area contributed by atoms with E-state index in [1.165, 1.54) is 4.90 Å². The third kappa shape index (κ3) is 3.18. The Bertz CT molecular complexity index is 534. The van der Waals surface area contributed by atoms with Crippen molar-refractivity contribution in [3.05, 3.63) is 35.1 Å². The summed E-state index contributed by atoms with van der Waals surface area (Å²) in [4.78, 5) is 14.0. The highest BCUT2D eigenvalue weighted by Crippen LogP contribution is 2.32. The van der Waals surface area contributed by atoms with Crippen molar-refractivity contribution in [2.24, 2.45) is 0 Å². The van der Waals surface area contributed by atoms with Crippen LogP contribution in [-0.4, -0.2) is 36.0 Å². The van der Waals surface area contributed by atoms with Gasteiger partial charge in [-0.15, -0.1) is 0 Å². The lowest BCUT2D eigenvalue weighted by atomic mass is 10.0. The van der Waals surface area contributed by atoms with Crippen LogP contribution in [0.25, 0.3) is 0 Å². The van der Waals surface area contributed by atoms with Crippen LogP contribution < -0.4 is 5.32 Å². The second-order valence-corrected chi connectivity index (χ2v) is 5.26. The molecule has 1 saturated heterocycles. The van der Waals surface area contributed by atoms with Crippen LogP contribution >= 0.6 is 0 Å². The van der Waals surface area contributed by atoms with Crippen molar-refractivity contribution in [2.45, 2.75) is 32.1 Å². The summed E-state index contributed by atoms with van der Waals surface area (Å²) in [5.74, 6) is -1.89. The Balaban J connectivity index is 2.35. The Kier molecular flexibility index (Phi) is 4.22. The maximum atomic E-state index is 13.3. The van der Waals surface area contributed by atoms with Crippen molar-refractivity contribution in [3.63, 3.8) is 0 Å². The molecule has 0 radical (unpaired) electrons. The van der Waals surface area contributed by atoms with Gasteiger partial charge in [0.15, 0.2) is 0 Å². The lowest BCUT2D eigenvalue weighted by Crippen LogP contribution is -2.57. The molecule has 21 heavy (non-hydrogen) atoms. The first kappa shape index (κ1) is 15.8. The third-order valence-electron chi connectivity index (χ3n) is 3.58. The molecule has 1 heterocycles. The molecule has 0 aromatic heterocycles. The average Bonchev–Trinajstić information content (AvgIpc) is 2.37. The first-order valence-corrected chi connectivity index (χ1v) is 6.62. The summed E-state index contributed by atoms with van der Waals surface area (Å²) in [5.41, 5.74) is -1.56. The molecule has 1 aromatic rings. The quantitative estimate of drug-likeness (QED) is 0.809. The van der Waals surface area contributed by atoms with Crippen molar-refractivity contribution >= 4 is 5.91 Å². The first-order chi connectivity index (χ1) is 9.71. The number of hydrogen-bond acceptors (Lipinski definition) is 2. The van der Waals surface area contributed by atoms with E-state index in [4.69, 9.17) is 0 Å². The molecule has 2 unspecified atom stereocenters. The van der Waals surface area contributed by atoms with E-state index in [0.717, 1.165) is 6.07 Å². The molecule has 1 amide bonds.